The van der Waals surface area contributed by atoms with Crippen LogP contribution in [0.5, 0.6) is 0 Å². The van der Waals surface area contributed by atoms with Gasteiger partial charge in [0.2, 0.25) is 16.0 Å². The molecule has 13 nitrogen and oxygen atoms in total. The number of hydrogen-bond acceptors (Lipinski definition) is 10. The van der Waals surface area contributed by atoms with Crippen LogP contribution in [0.25, 0.3) is 0 Å². The van der Waals surface area contributed by atoms with Crippen LogP contribution in [0.1, 0.15) is 18.2 Å². The first-order chi connectivity index (χ1) is 14.0. The maximum Gasteiger partial charge on any atom is 0.280 e. The van der Waals surface area contributed by atoms with Gasteiger partial charge in [0.1, 0.15) is 11.4 Å². The Morgan fingerprint density at radius 1 is 0.967 bits per heavy atom. The average Bonchev–Trinajstić information content (AvgIpc) is 2.64. The summed E-state index contributed by atoms with van der Waals surface area (Å²) in [6.45, 7) is 5.57. The van der Waals surface area contributed by atoms with E-state index >= 15 is 0 Å². The normalized spacial score (nSPS) is 11.2. The second-order valence-electron chi connectivity index (χ2n) is 6.17. The molecule has 1 heterocycles. The maximum absolute atomic E-state index is 12.5. The molecule has 0 radical (unpaired) electrons. The summed E-state index contributed by atoms with van der Waals surface area (Å²) < 4.78 is 27.2. The minimum Gasteiger partial charge on any atom is -0.370 e. The quantitative estimate of drug-likeness (QED) is 0.280. The standard InChI is InChI=1S/C16H21N7O6S/c1-4-17-15-7-10(2)20-16(21-15)18-5-6-19-30(28,29)12-8-13(22(24)25)11(3)14(9-12)23(26)27/h7-9,19H,4-6H2,1-3H3,(H2,17,18,20,21). The van der Waals surface area contributed by atoms with Crippen LogP contribution in [-0.4, -0.2) is 47.9 Å². The van der Waals surface area contributed by atoms with E-state index in [4.69, 9.17) is 0 Å². The number of nitro groups is 2. The Hall–Kier alpha value is -3.39. The number of hydrogen-bond donors (Lipinski definition) is 3. The third-order valence-corrected chi connectivity index (χ3v) is 5.38. The van der Waals surface area contributed by atoms with E-state index in [1.807, 2.05) is 6.92 Å². The van der Waals surface area contributed by atoms with E-state index in [1.165, 1.54) is 6.92 Å². The molecule has 1 aromatic carbocycles. The lowest BCUT2D eigenvalue weighted by molar-refractivity contribution is -0.395. The minimum absolute atomic E-state index is 0.106. The van der Waals surface area contributed by atoms with Crippen LogP contribution >= 0.6 is 0 Å². The molecular formula is C16H21N7O6S. The SMILES string of the molecule is CCNc1cc(C)nc(NCCNS(=O)(=O)c2cc([N+](=O)[O-])c(C)c([N+](=O)[O-])c2)n1. The van der Waals surface area contributed by atoms with Gasteiger partial charge in [0.05, 0.1) is 14.7 Å². The van der Waals surface area contributed by atoms with Gasteiger partial charge in [-0.25, -0.2) is 18.1 Å². The van der Waals surface area contributed by atoms with Crippen molar-refractivity contribution in [1.29, 1.82) is 0 Å². The van der Waals surface area contributed by atoms with Crippen LogP contribution < -0.4 is 15.4 Å². The highest BCUT2D eigenvalue weighted by molar-refractivity contribution is 7.89. The topological polar surface area (TPSA) is 182 Å². The molecule has 1 aromatic heterocycles. The Labute approximate surface area is 172 Å². The van der Waals surface area contributed by atoms with Gasteiger partial charge in [-0.3, -0.25) is 20.2 Å². The largest absolute Gasteiger partial charge is 0.370 e. The Morgan fingerprint density at radius 2 is 1.57 bits per heavy atom. The smallest absolute Gasteiger partial charge is 0.280 e. The third-order valence-electron chi connectivity index (χ3n) is 3.94. The summed E-state index contributed by atoms with van der Waals surface area (Å²) >= 11 is 0. The molecular weight excluding hydrogens is 418 g/mol. The predicted molar refractivity (Wildman–Crippen MR) is 109 cm³/mol. The van der Waals surface area contributed by atoms with E-state index in [0.717, 1.165) is 12.1 Å². The van der Waals surface area contributed by atoms with Crippen molar-refractivity contribution in [3.63, 3.8) is 0 Å². The number of aromatic nitrogens is 2. The lowest BCUT2D eigenvalue weighted by atomic mass is 10.1. The Morgan fingerprint density at radius 3 is 2.10 bits per heavy atom. The van der Waals surface area contributed by atoms with Crippen LogP contribution in [0, 0.1) is 34.1 Å². The second-order valence-corrected chi connectivity index (χ2v) is 7.94. The third kappa shape index (κ3) is 5.57. The van der Waals surface area contributed by atoms with Crippen LogP contribution in [0.4, 0.5) is 23.1 Å². The van der Waals surface area contributed by atoms with Gasteiger partial charge < -0.3 is 10.6 Å². The zero-order valence-corrected chi connectivity index (χ0v) is 17.3. The first-order valence-corrected chi connectivity index (χ1v) is 10.3. The Balaban J connectivity index is 2.12. The van der Waals surface area contributed by atoms with Crippen molar-refractivity contribution in [2.24, 2.45) is 0 Å². The molecule has 162 valence electrons. The molecule has 0 spiro atoms. The molecule has 2 aromatic rings. The summed E-state index contributed by atoms with van der Waals surface area (Å²) in [6.07, 6.45) is 0. The molecule has 0 atom stereocenters. The number of nitrogens with zero attached hydrogens (tertiary/aromatic N) is 4. The van der Waals surface area contributed by atoms with E-state index in [9.17, 15) is 28.6 Å². The summed E-state index contributed by atoms with van der Waals surface area (Å²) in [5.74, 6) is 0.916. The van der Waals surface area contributed by atoms with Gasteiger partial charge in [-0.15, -0.1) is 0 Å². The molecule has 2 rings (SSSR count). The number of sulfonamides is 1. The summed E-state index contributed by atoms with van der Waals surface area (Å²) in [5, 5.41) is 28.2. The molecule has 0 fully saturated rings. The fourth-order valence-corrected chi connectivity index (χ4v) is 3.63. The Bertz CT molecular complexity index is 1040. The van der Waals surface area contributed by atoms with Crippen LogP contribution in [0.3, 0.4) is 0 Å². The molecule has 0 amide bonds. The summed E-state index contributed by atoms with van der Waals surface area (Å²) in [4.78, 5) is 28.4. The van der Waals surface area contributed by atoms with Gasteiger partial charge in [0.25, 0.3) is 11.4 Å². The highest BCUT2D eigenvalue weighted by Gasteiger charge is 2.27. The summed E-state index contributed by atoms with van der Waals surface area (Å²) in [6, 6.07) is 3.35. The first-order valence-electron chi connectivity index (χ1n) is 8.81. The highest BCUT2D eigenvalue weighted by Crippen LogP contribution is 2.31. The van der Waals surface area contributed by atoms with Crippen molar-refractivity contribution in [2.45, 2.75) is 25.7 Å². The lowest BCUT2D eigenvalue weighted by Crippen LogP contribution is -2.29. The van der Waals surface area contributed by atoms with Crippen molar-refractivity contribution in [3.8, 4) is 0 Å². The molecule has 0 bridgehead atoms. The second kappa shape index (κ2) is 9.41. The minimum atomic E-state index is -4.22. The van der Waals surface area contributed by atoms with Crippen LogP contribution in [0.15, 0.2) is 23.1 Å². The molecule has 30 heavy (non-hydrogen) atoms. The number of rotatable bonds is 10. The molecule has 3 N–H and O–H groups in total. The maximum atomic E-state index is 12.5. The molecule has 0 unspecified atom stereocenters. The molecule has 0 saturated heterocycles. The van der Waals surface area contributed by atoms with E-state index in [-0.39, 0.29) is 18.7 Å². The average molecular weight is 439 g/mol. The van der Waals surface area contributed by atoms with Gasteiger partial charge >= 0.3 is 0 Å². The molecule has 0 aliphatic carbocycles. The zero-order valence-electron chi connectivity index (χ0n) is 16.5. The molecule has 0 aliphatic rings. The van der Waals surface area contributed by atoms with Crippen molar-refractivity contribution >= 4 is 33.2 Å². The van der Waals surface area contributed by atoms with E-state index in [2.05, 4.69) is 25.3 Å². The van der Waals surface area contributed by atoms with Crippen molar-refractivity contribution in [1.82, 2.24) is 14.7 Å². The fraction of sp³-hybridized carbons (Fsp3) is 0.375. The van der Waals surface area contributed by atoms with Crippen LogP contribution in [-0.2, 0) is 10.0 Å². The van der Waals surface area contributed by atoms with Gasteiger partial charge in [0.15, 0.2) is 0 Å². The zero-order chi connectivity index (χ0) is 22.5. The van der Waals surface area contributed by atoms with E-state index in [0.29, 0.717) is 24.0 Å². The van der Waals surface area contributed by atoms with E-state index < -0.39 is 36.1 Å². The summed E-state index contributed by atoms with van der Waals surface area (Å²) in [5.41, 5.74) is -0.805. The predicted octanol–water partition coefficient (Wildman–Crippen LogP) is 1.73. The molecule has 0 saturated carbocycles. The number of anilines is 2. The summed E-state index contributed by atoms with van der Waals surface area (Å²) in [7, 11) is -4.22. The first kappa shape index (κ1) is 22.9. The van der Waals surface area contributed by atoms with Crippen molar-refractivity contribution in [3.05, 3.63) is 49.7 Å². The number of nitrogens with one attached hydrogen (secondary N) is 3. The Kier molecular flexibility index (Phi) is 7.18. The van der Waals surface area contributed by atoms with Crippen molar-refractivity contribution in [2.75, 3.05) is 30.3 Å². The monoisotopic (exact) mass is 439 g/mol. The number of benzene rings is 1. The van der Waals surface area contributed by atoms with Crippen LogP contribution in [0.2, 0.25) is 0 Å². The number of aryl methyl sites for hydroxylation is 1. The fourth-order valence-electron chi connectivity index (χ4n) is 2.56. The number of nitro benzene ring substituents is 2. The molecule has 14 heteroatoms. The van der Waals surface area contributed by atoms with Gasteiger partial charge in [-0.2, -0.15) is 4.98 Å². The van der Waals surface area contributed by atoms with Crippen molar-refractivity contribution < 1.29 is 18.3 Å². The van der Waals surface area contributed by atoms with Gasteiger partial charge in [0, 0.05) is 43.5 Å². The lowest BCUT2D eigenvalue weighted by Gasteiger charge is -2.10. The van der Waals surface area contributed by atoms with Gasteiger partial charge in [-0.05, 0) is 20.8 Å². The van der Waals surface area contributed by atoms with Gasteiger partial charge in [-0.1, -0.05) is 0 Å². The molecule has 0 aliphatic heterocycles. The van der Waals surface area contributed by atoms with E-state index in [1.54, 1.807) is 13.0 Å². The highest BCUT2D eigenvalue weighted by atomic mass is 32.2.